The summed E-state index contributed by atoms with van der Waals surface area (Å²) in [7, 11) is -3.90. The highest BCUT2D eigenvalue weighted by Crippen LogP contribution is 2.36. The van der Waals surface area contributed by atoms with E-state index in [-0.39, 0.29) is 30.6 Å². The van der Waals surface area contributed by atoms with E-state index in [1.54, 1.807) is 12.1 Å². The second kappa shape index (κ2) is 10.9. The van der Waals surface area contributed by atoms with Gasteiger partial charge in [0.25, 0.3) is 0 Å². The highest BCUT2D eigenvalue weighted by molar-refractivity contribution is 7.92. The Balaban J connectivity index is 1.92. The fourth-order valence-corrected chi connectivity index (χ4v) is 4.35. The summed E-state index contributed by atoms with van der Waals surface area (Å²) in [6.07, 6.45) is 1.66. The van der Waals surface area contributed by atoms with Gasteiger partial charge < -0.3 is 19.7 Å². The molecule has 0 spiro atoms. The Morgan fingerprint density at radius 3 is 2.46 bits per heavy atom. The third-order valence-electron chi connectivity index (χ3n) is 5.79. The van der Waals surface area contributed by atoms with Crippen molar-refractivity contribution >= 4 is 27.5 Å². The van der Waals surface area contributed by atoms with E-state index < -0.39 is 40.2 Å². The molecule has 0 unspecified atom stereocenters. The molecule has 11 heteroatoms. The molecular formula is C24H30FN3O6S. The van der Waals surface area contributed by atoms with Crippen molar-refractivity contribution in [3.63, 3.8) is 0 Å². The van der Waals surface area contributed by atoms with E-state index in [9.17, 15) is 22.4 Å². The van der Waals surface area contributed by atoms with Crippen LogP contribution in [0.3, 0.4) is 0 Å². The van der Waals surface area contributed by atoms with Gasteiger partial charge in [0.15, 0.2) is 11.5 Å². The maximum atomic E-state index is 14.4. The number of halogens is 1. The maximum absolute atomic E-state index is 14.4. The lowest BCUT2D eigenvalue weighted by atomic mass is 10.1. The van der Waals surface area contributed by atoms with Gasteiger partial charge in [-0.3, -0.25) is 13.9 Å². The number of sulfonamides is 1. The summed E-state index contributed by atoms with van der Waals surface area (Å²) in [5.41, 5.74) is 0.408. The van der Waals surface area contributed by atoms with Gasteiger partial charge in [0.1, 0.15) is 18.4 Å². The molecule has 9 nitrogen and oxygen atoms in total. The second-order valence-electron chi connectivity index (χ2n) is 8.41. The molecule has 0 aromatic heterocycles. The molecule has 0 saturated carbocycles. The summed E-state index contributed by atoms with van der Waals surface area (Å²) in [4.78, 5) is 27.5. The molecule has 0 saturated heterocycles. The molecule has 2 aromatic carbocycles. The number of nitrogens with one attached hydrogen (secondary N) is 1. The first-order valence-electron chi connectivity index (χ1n) is 11.2. The van der Waals surface area contributed by atoms with Crippen molar-refractivity contribution in [1.29, 1.82) is 0 Å². The summed E-state index contributed by atoms with van der Waals surface area (Å²) in [6.45, 7) is 4.48. The summed E-state index contributed by atoms with van der Waals surface area (Å²) < 4.78 is 51.2. The molecule has 0 radical (unpaired) electrons. The third kappa shape index (κ3) is 6.41. The predicted octanol–water partition coefficient (Wildman–Crippen LogP) is 2.65. The van der Waals surface area contributed by atoms with Crippen LogP contribution in [0.1, 0.15) is 32.8 Å². The Bertz CT molecular complexity index is 1190. The molecule has 1 N–H and O–H groups in total. The standard InChI is InChI=1S/C24H30FN3O6S/c1-5-16(2)26-24(30)17(3)27(13-18-8-6-7-9-20(18)25)23(29)14-28(35(4,31)32)19-10-11-21-22(12-19)34-15-33-21/h6-12,16-17H,5,13-15H2,1-4H3,(H,26,30)/t16-,17+/m1/s1. The Labute approximate surface area is 204 Å². The molecule has 2 aromatic rings. The minimum absolute atomic E-state index is 0.00974. The van der Waals surface area contributed by atoms with Crippen LogP contribution in [0, 0.1) is 5.82 Å². The maximum Gasteiger partial charge on any atom is 0.244 e. The number of ether oxygens (including phenoxy) is 2. The Hall–Kier alpha value is -3.34. The zero-order valence-electron chi connectivity index (χ0n) is 20.2. The van der Waals surface area contributed by atoms with E-state index in [2.05, 4.69) is 5.32 Å². The monoisotopic (exact) mass is 507 g/mol. The van der Waals surface area contributed by atoms with E-state index >= 15 is 0 Å². The molecular weight excluding hydrogens is 477 g/mol. The Morgan fingerprint density at radius 2 is 1.80 bits per heavy atom. The number of carbonyl (C=O) groups excluding carboxylic acids is 2. The van der Waals surface area contributed by atoms with Crippen molar-refractivity contribution in [1.82, 2.24) is 10.2 Å². The van der Waals surface area contributed by atoms with Crippen LogP contribution >= 0.6 is 0 Å². The molecule has 0 fully saturated rings. The lowest BCUT2D eigenvalue weighted by Gasteiger charge is -2.32. The number of carbonyl (C=O) groups is 2. The number of nitrogens with zero attached hydrogens (tertiary/aromatic N) is 2. The molecule has 1 heterocycles. The number of hydrogen-bond donors (Lipinski definition) is 1. The lowest BCUT2D eigenvalue weighted by molar-refractivity contribution is -0.139. The van der Waals surface area contributed by atoms with Gasteiger partial charge in [-0.2, -0.15) is 0 Å². The number of hydrogen-bond acceptors (Lipinski definition) is 6. The second-order valence-corrected chi connectivity index (χ2v) is 10.3. The lowest BCUT2D eigenvalue weighted by Crippen LogP contribution is -2.52. The average molecular weight is 508 g/mol. The smallest absolute Gasteiger partial charge is 0.244 e. The van der Waals surface area contributed by atoms with E-state index in [1.165, 1.54) is 42.2 Å². The van der Waals surface area contributed by atoms with Crippen molar-refractivity contribution in [2.24, 2.45) is 0 Å². The normalized spacial score (nSPS) is 14.2. The zero-order valence-corrected chi connectivity index (χ0v) is 21.0. The average Bonchev–Trinajstić information content (AvgIpc) is 3.28. The van der Waals surface area contributed by atoms with Gasteiger partial charge >= 0.3 is 0 Å². The van der Waals surface area contributed by atoms with E-state index in [4.69, 9.17) is 9.47 Å². The van der Waals surface area contributed by atoms with Crippen LogP contribution in [0.15, 0.2) is 42.5 Å². The van der Waals surface area contributed by atoms with Crippen LogP contribution < -0.4 is 19.1 Å². The first-order chi connectivity index (χ1) is 16.5. The number of benzene rings is 2. The fourth-order valence-electron chi connectivity index (χ4n) is 3.51. The van der Waals surface area contributed by atoms with Crippen LogP contribution in [-0.2, 0) is 26.2 Å². The Morgan fingerprint density at radius 1 is 1.11 bits per heavy atom. The molecule has 0 bridgehead atoms. The van der Waals surface area contributed by atoms with Gasteiger partial charge in [-0.25, -0.2) is 12.8 Å². The minimum atomic E-state index is -3.90. The van der Waals surface area contributed by atoms with Crippen molar-refractivity contribution in [2.75, 3.05) is 23.9 Å². The molecule has 1 aliphatic rings. The molecule has 2 atom stereocenters. The number of amides is 2. The quantitative estimate of drug-likeness (QED) is 0.530. The van der Waals surface area contributed by atoms with Gasteiger partial charge in [0, 0.05) is 24.2 Å². The predicted molar refractivity (Wildman–Crippen MR) is 129 cm³/mol. The van der Waals surface area contributed by atoms with Gasteiger partial charge in [0.2, 0.25) is 28.6 Å². The van der Waals surface area contributed by atoms with Gasteiger partial charge in [-0.15, -0.1) is 0 Å². The van der Waals surface area contributed by atoms with Crippen molar-refractivity contribution in [3.05, 3.63) is 53.8 Å². The highest BCUT2D eigenvalue weighted by Gasteiger charge is 2.31. The topological polar surface area (TPSA) is 105 Å². The SMILES string of the molecule is CC[C@@H](C)NC(=O)[C@H](C)N(Cc1ccccc1F)C(=O)CN(c1ccc2c(c1)OCO2)S(C)(=O)=O. The first-order valence-corrected chi connectivity index (χ1v) is 13.1. The molecule has 1 aliphatic heterocycles. The summed E-state index contributed by atoms with van der Waals surface area (Å²) in [5.74, 6) is -0.796. The van der Waals surface area contributed by atoms with Gasteiger partial charge in [-0.05, 0) is 38.5 Å². The summed E-state index contributed by atoms with van der Waals surface area (Å²) in [5, 5.41) is 2.82. The Kier molecular flexibility index (Phi) is 8.21. The van der Waals surface area contributed by atoms with Gasteiger partial charge in [-0.1, -0.05) is 25.1 Å². The molecule has 35 heavy (non-hydrogen) atoms. The number of rotatable bonds is 10. The van der Waals surface area contributed by atoms with Crippen molar-refractivity contribution in [3.8, 4) is 11.5 Å². The van der Waals surface area contributed by atoms with Crippen LogP contribution in [0.5, 0.6) is 11.5 Å². The van der Waals surface area contributed by atoms with Crippen LogP contribution in [-0.4, -0.2) is 56.8 Å². The first kappa shape index (κ1) is 26.3. The third-order valence-corrected chi connectivity index (χ3v) is 6.93. The molecule has 0 aliphatic carbocycles. The molecule has 3 rings (SSSR count). The molecule has 190 valence electrons. The number of anilines is 1. The number of fused-ring (bicyclic) bond motifs is 1. The largest absolute Gasteiger partial charge is 0.454 e. The highest BCUT2D eigenvalue weighted by atomic mass is 32.2. The molecule has 2 amide bonds. The van der Waals surface area contributed by atoms with Crippen LogP contribution in [0.25, 0.3) is 0 Å². The summed E-state index contributed by atoms with van der Waals surface area (Å²) in [6, 6.07) is 9.35. The fraction of sp³-hybridized carbons (Fsp3) is 0.417. The zero-order chi connectivity index (χ0) is 25.8. The van der Waals surface area contributed by atoms with Crippen LogP contribution in [0.4, 0.5) is 10.1 Å². The van der Waals surface area contributed by atoms with E-state index in [0.717, 1.165) is 10.6 Å². The van der Waals surface area contributed by atoms with E-state index in [0.29, 0.717) is 17.9 Å². The van der Waals surface area contributed by atoms with Crippen LogP contribution in [0.2, 0.25) is 0 Å². The summed E-state index contributed by atoms with van der Waals surface area (Å²) >= 11 is 0. The van der Waals surface area contributed by atoms with Crippen molar-refractivity contribution in [2.45, 2.75) is 45.8 Å². The van der Waals surface area contributed by atoms with Crippen molar-refractivity contribution < 1.29 is 31.9 Å². The van der Waals surface area contributed by atoms with Gasteiger partial charge in [0.05, 0.1) is 11.9 Å². The minimum Gasteiger partial charge on any atom is -0.454 e. The van der Waals surface area contributed by atoms with E-state index in [1.807, 2.05) is 13.8 Å².